The van der Waals surface area contributed by atoms with Crippen LogP contribution in [0.15, 0.2) is 27.2 Å². The van der Waals surface area contributed by atoms with Crippen LogP contribution in [0.25, 0.3) is 11.6 Å². The smallest absolute Gasteiger partial charge is 0.257 e. The van der Waals surface area contributed by atoms with Crippen LogP contribution >= 0.6 is 15.9 Å². The van der Waals surface area contributed by atoms with E-state index < -0.39 is 5.54 Å². The molecule has 4 rings (SSSR count). The van der Waals surface area contributed by atoms with E-state index in [9.17, 15) is 0 Å². The number of hydrogen-bond donors (Lipinski definition) is 1. The van der Waals surface area contributed by atoms with Gasteiger partial charge in [0, 0.05) is 10.0 Å². The standard InChI is InChI=1S/C15H14BrN3O2/c16-11-2-3-12-9(7-11)6-10(8-20-12)13-18-14(19-21-13)15(17)4-1-5-15/h2-3,6-7H,1,4-5,8,17H2. The normalized spacial score (nSPS) is 19.2. The van der Waals surface area contributed by atoms with Crippen LogP contribution < -0.4 is 10.5 Å². The van der Waals surface area contributed by atoms with Gasteiger partial charge in [-0.1, -0.05) is 21.1 Å². The Morgan fingerprint density at radius 3 is 2.90 bits per heavy atom. The van der Waals surface area contributed by atoms with Crippen molar-refractivity contribution in [2.45, 2.75) is 24.8 Å². The Hall–Kier alpha value is -1.66. The molecule has 0 amide bonds. The van der Waals surface area contributed by atoms with Crippen LogP contribution in [-0.4, -0.2) is 16.7 Å². The molecule has 1 saturated carbocycles. The van der Waals surface area contributed by atoms with Crippen LogP contribution in [0.2, 0.25) is 0 Å². The van der Waals surface area contributed by atoms with Crippen molar-refractivity contribution in [2.24, 2.45) is 5.73 Å². The summed E-state index contributed by atoms with van der Waals surface area (Å²) in [4.78, 5) is 4.46. The molecule has 5 nitrogen and oxygen atoms in total. The molecule has 2 heterocycles. The number of benzene rings is 1. The molecular weight excluding hydrogens is 334 g/mol. The second kappa shape index (κ2) is 4.68. The Kier molecular flexibility index (Phi) is 2.90. The highest BCUT2D eigenvalue weighted by Crippen LogP contribution is 2.38. The van der Waals surface area contributed by atoms with E-state index in [1.165, 1.54) is 0 Å². The molecule has 0 radical (unpaired) electrons. The zero-order chi connectivity index (χ0) is 14.4. The van der Waals surface area contributed by atoms with Gasteiger partial charge in [-0.2, -0.15) is 4.98 Å². The number of nitrogens with zero attached hydrogens (tertiary/aromatic N) is 2. The molecule has 1 aromatic heterocycles. The molecule has 21 heavy (non-hydrogen) atoms. The average molecular weight is 348 g/mol. The van der Waals surface area contributed by atoms with E-state index >= 15 is 0 Å². The van der Waals surface area contributed by atoms with Crippen LogP contribution in [0.3, 0.4) is 0 Å². The Bertz CT molecular complexity index is 734. The number of hydrogen-bond acceptors (Lipinski definition) is 5. The number of ether oxygens (including phenoxy) is 1. The van der Waals surface area contributed by atoms with Crippen LogP contribution in [0.5, 0.6) is 5.75 Å². The summed E-state index contributed by atoms with van der Waals surface area (Å²) in [6.45, 7) is 0.424. The molecule has 2 aliphatic rings. The van der Waals surface area contributed by atoms with Crippen LogP contribution in [0.4, 0.5) is 0 Å². The number of rotatable bonds is 2. The first kappa shape index (κ1) is 13.0. The summed E-state index contributed by atoms with van der Waals surface area (Å²) in [6.07, 6.45) is 4.97. The van der Waals surface area contributed by atoms with Gasteiger partial charge in [-0.05, 0) is 43.5 Å². The summed E-state index contributed by atoms with van der Waals surface area (Å²) in [5.74, 6) is 1.95. The van der Waals surface area contributed by atoms with Crippen molar-refractivity contribution in [1.82, 2.24) is 10.1 Å². The molecular formula is C15H14BrN3O2. The van der Waals surface area contributed by atoms with Gasteiger partial charge in [-0.15, -0.1) is 0 Å². The zero-order valence-corrected chi connectivity index (χ0v) is 12.9. The highest BCUT2D eigenvalue weighted by atomic mass is 79.9. The fourth-order valence-corrected chi connectivity index (χ4v) is 2.99. The number of fused-ring (bicyclic) bond motifs is 1. The quantitative estimate of drug-likeness (QED) is 0.903. The van der Waals surface area contributed by atoms with Crippen LogP contribution in [0.1, 0.15) is 36.5 Å². The SMILES string of the molecule is NC1(c2noc(C3=Cc4cc(Br)ccc4OC3)n2)CCC1. The van der Waals surface area contributed by atoms with E-state index in [0.29, 0.717) is 18.3 Å². The molecule has 1 fully saturated rings. The van der Waals surface area contributed by atoms with Crippen molar-refractivity contribution in [1.29, 1.82) is 0 Å². The van der Waals surface area contributed by atoms with Gasteiger partial charge in [0.15, 0.2) is 5.82 Å². The lowest BCUT2D eigenvalue weighted by atomic mass is 9.77. The highest BCUT2D eigenvalue weighted by molar-refractivity contribution is 9.10. The minimum atomic E-state index is -0.404. The van der Waals surface area contributed by atoms with Crippen LogP contribution in [-0.2, 0) is 5.54 Å². The topological polar surface area (TPSA) is 74.2 Å². The third-order valence-electron chi connectivity index (χ3n) is 4.08. The van der Waals surface area contributed by atoms with Crippen molar-refractivity contribution in [3.63, 3.8) is 0 Å². The van der Waals surface area contributed by atoms with Crippen LogP contribution in [0, 0.1) is 0 Å². The first-order valence-corrected chi connectivity index (χ1v) is 7.70. The van der Waals surface area contributed by atoms with Crippen molar-refractivity contribution in [3.8, 4) is 5.75 Å². The Morgan fingerprint density at radius 1 is 1.29 bits per heavy atom. The second-order valence-corrected chi connectivity index (χ2v) is 6.49. The molecule has 0 saturated heterocycles. The van der Waals surface area contributed by atoms with Gasteiger partial charge < -0.3 is 15.0 Å². The summed E-state index contributed by atoms with van der Waals surface area (Å²) in [7, 11) is 0. The largest absolute Gasteiger partial charge is 0.488 e. The third-order valence-corrected chi connectivity index (χ3v) is 4.57. The lowest BCUT2D eigenvalue weighted by molar-refractivity contribution is 0.229. The molecule has 1 aromatic carbocycles. The molecule has 108 valence electrons. The maximum Gasteiger partial charge on any atom is 0.257 e. The minimum Gasteiger partial charge on any atom is -0.488 e. The molecule has 1 aliphatic carbocycles. The first-order valence-electron chi connectivity index (χ1n) is 6.90. The van der Waals surface area contributed by atoms with E-state index in [-0.39, 0.29) is 0 Å². The summed E-state index contributed by atoms with van der Waals surface area (Å²) in [6, 6.07) is 5.90. The maximum atomic E-state index is 6.22. The second-order valence-electron chi connectivity index (χ2n) is 5.57. The summed E-state index contributed by atoms with van der Waals surface area (Å²) in [5.41, 5.74) is 7.69. The molecule has 2 N–H and O–H groups in total. The summed E-state index contributed by atoms with van der Waals surface area (Å²) >= 11 is 3.46. The Morgan fingerprint density at radius 2 is 2.14 bits per heavy atom. The van der Waals surface area contributed by atoms with Crippen molar-refractivity contribution in [2.75, 3.05) is 6.61 Å². The predicted molar refractivity (Wildman–Crippen MR) is 81.5 cm³/mol. The monoisotopic (exact) mass is 347 g/mol. The van der Waals surface area contributed by atoms with Gasteiger partial charge in [0.1, 0.15) is 12.4 Å². The average Bonchev–Trinajstić information content (AvgIpc) is 2.94. The number of nitrogens with two attached hydrogens (primary N) is 1. The minimum absolute atomic E-state index is 0.404. The molecule has 0 bridgehead atoms. The van der Waals surface area contributed by atoms with E-state index in [4.69, 9.17) is 15.0 Å². The Balaban J connectivity index is 1.68. The van der Waals surface area contributed by atoms with E-state index in [0.717, 1.165) is 40.6 Å². The number of halogens is 1. The molecule has 0 unspecified atom stereocenters. The fraction of sp³-hybridized carbons (Fsp3) is 0.333. The van der Waals surface area contributed by atoms with Crippen molar-refractivity contribution in [3.05, 3.63) is 40.0 Å². The van der Waals surface area contributed by atoms with E-state index in [2.05, 4.69) is 26.1 Å². The molecule has 1 aliphatic heterocycles. The lowest BCUT2D eigenvalue weighted by Gasteiger charge is -2.34. The molecule has 6 heteroatoms. The third kappa shape index (κ3) is 2.18. The highest BCUT2D eigenvalue weighted by Gasteiger charge is 2.39. The van der Waals surface area contributed by atoms with E-state index in [1.807, 2.05) is 24.3 Å². The Labute approximate surface area is 130 Å². The predicted octanol–water partition coefficient (Wildman–Crippen LogP) is 3.10. The van der Waals surface area contributed by atoms with E-state index in [1.54, 1.807) is 0 Å². The van der Waals surface area contributed by atoms with Crippen molar-refractivity contribution < 1.29 is 9.26 Å². The maximum absolute atomic E-state index is 6.22. The lowest BCUT2D eigenvalue weighted by Crippen LogP contribution is -2.44. The van der Waals surface area contributed by atoms with Gasteiger partial charge in [-0.3, -0.25) is 0 Å². The number of aromatic nitrogens is 2. The molecule has 0 atom stereocenters. The van der Waals surface area contributed by atoms with Gasteiger partial charge >= 0.3 is 0 Å². The van der Waals surface area contributed by atoms with Gasteiger partial charge in [0.25, 0.3) is 5.89 Å². The summed E-state index contributed by atoms with van der Waals surface area (Å²) < 4.78 is 12.1. The zero-order valence-electron chi connectivity index (χ0n) is 11.3. The fourth-order valence-electron chi connectivity index (χ4n) is 2.61. The van der Waals surface area contributed by atoms with Crippen molar-refractivity contribution >= 4 is 27.6 Å². The summed E-state index contributed by atoms with van der Waals surface area (Å²) in [5, 5.41) is 4.04. The van der Waals surface area contributed by atoms with Gasteiger partial charge in [0.05, 0.1) is 11.1 Å². The molecule has 2 aromatic rings. The van der Waals surface area contributed by atoms with Gasteiger partial charge in [0.2, 0.25) is 0 Å². The van der Waals surface area contributed by atoms with Gasteiger partial charge in [-0.25, -0.2) is 0 Å². The first-order chi connectivity index (χ1) is 10.1. The molecule has 0 spiro atoms.